The van der Waals surface area contributed by atoms with Crippen molar-refractivity contribution in [2.24, 2.45) is 11.0 Å². The molecule has 1 heterocycles. The molecule has 29 heavy (non-hydrogen) atoms. The van der Waals surface area contributed by atoms with E-state index in [-0.39, 0.29) is 12.5 Å². The summed E-state index contributed by atoms with van der Waals surface area (Å²) in [5, 5.41) is 17.2. The number of hydrogen-bond acceptors (Lipinski definition) is 4. The van der Waals surface area contributed by atoms with E-state index in [0.717, 1.165) is 28.3 Å². The number of halogens is 1. The van der Waals surface area contributed by atoms with Gasteiger partial charge in [-0.25, -0.2) is 5.43 Å². The number of amides is 1. The molecule has 4 rings (SSSR count). The van der Waals surface area contributed by atoms with Crippen LogP contribution in [0.2, 0.25) is 5.02 Å². The summed E-state index contributed by atoms with van der Waals surface area (Å²) < 4.78 is 0. The summed E-state index contributed by atoms with van der Waals surface area (Å²) in [6.07, 6.45) is 5.31. The Labute approximate surface area is 175 Å². The third-order valence-electron chi connectivity index (χ3n) is 5.61. The number of hydrazone groups is 1. The molecular weight excluding hydrogens is 384 g/mol. The Hall–Kier alpha value is -3.10. The van der Waals surface area contributed by atoms with Crippen LogP contribution in [0.15, 0.2) is 59.7 Å². The molecule has 0 spiro atoms. The van der Waals surface area contributed by atoms with E-state index >= 15 is 0 Å². The van der Waals surface area contributed by atoms with Crippen molar-refractivity contribution in [2.75, 3.05) is 5.32 Å². The Morgan fingerprint density at radius 1 is 1.31 bits per heavy atom. The number of rotatable bonds is 4. The smallest absolute Gasteiger partial charge is 0.254 e. The lowest BCUT2D eigenvalue weighted by atomic mass is 9.76. The van der Waals surface area contributed by atoms with Crippen molar-refractivity contribution in [2.45, 2.75) is 31.7 Å². The SMILES string of the molecule is C/C(=N/NC(=O)CC#N)c1ccc2c(c1)[C@@H]1C=CC[C@H]1[C@@H](c1ccccc1Cl)N2. The minimum absolute atomic E-state index is 0.155. The Kier molecular flexibility index (Phi) is 5.37. The molecule has 0 fully saturated rings. The van der Waals surface area contributed by atoms with Crippen molar-refractivity contribution >= 4 is 28.9 Å². The number of benzene rings is 2. The van der Waals surface area contributed by atoms with Crippen LogP contribution in [0.3, 0.4) is 0 Å². The summed E-state index contributed by atoms with van der Waals surface area (Å²) in [6, 6.07) is 16.2. The van der Waals surface area contributed by atoms with E-state index in [1.807, 2.05) is 37.3 Å². The van der Waals surface area contributed by atoms with Crippen molar-refractivity contribution in [1.29, 1.82) is 5.26 Å². The van der Waals surface area contributed by atoms with Gasteiger partial charge in [-0.2, -0.15) is 10.4 Å². The van der Waals surface area contributed by atoms with E-state index in [4.69, 9.17) is 16.9 Å². The number of hydrogen-bond donors (Lipinski definition) is 2. The second kappa shape index (κ2) is 8.10. The fourth-order valence-corrected chi connectivity index (χ4v) is 4.43. The maximum atomic E-state index is 11.5. The first-order chi connectivity index (χ1) is 14.1. The highest BCUT2D eigenvalue weighted by Crippen LogP contribution is 2.50. The molecule has 0 radical (unpaired) electrons. The maximum Gasteiger partial charge on any atom is 0.254 e. The predicted molar refractivity (Wildman–Crippen MR) is 115 cm³/mol. The van der Waals surface area contributed by atoms with Gasteiger partial charge in [-0.1, -0.05) is 48.0 Å². The number of nitriles is 1. The van der Waals surface area contributed by atoms with Crippen molar-refractivity contribution in [3.63, 3.8) is 0 Å². The molecular formula is C23H21ClN4O. The van der Waals surface area contributed by atoms with Crippen LogP contribution in [0.4, 0.5) is 5.69 Å². The molecule has 3 atom stereocenters. The van der Waals surface area contributed by atoms with Crippen molar-refractivity contribution < 1.29 is 4.79 Å². The number of carbonyl (C=O) groups excluding carboxylic acids is 1. The monoisotopic (exact) mass is 404 g/mol. The normalized spacial score (nSPS) is 22.2. The van der Waals surface area contributed by atoms with Gasteiger partial charge in [-0.15, -0.1) is 0 Å². The average molecular weight is 405 g/mol. The lowest BCUT2D eigenvalue weighted by molar-refractivity contribution is -0.120. The molecule has 2 aliphatic rings. The second-order valence-electron chi connectivity index (χ2n) is 7.37. The summed E-state index contributed by atoms with van der Waals surface area (Å²) in [5.74, 6) is 0.284. The van der Waals surface area contributed by atoms with Crippen LogP contribution in [0.25, 0.3) is 0 Å². The Balaban J connectivity index is 1.64. The van der Waals surface area contributed by atoms with Gasteiger partial charge in [0, 0.05) is 16.6 Å². The van der Waals surface area contributed by atoms with Crippen LogP contribution in [0, 0.1) is 17.2 Å². The first kappa shape index (κ1) is 19.2. The average Bonchev–Trinajstić information content (AvgIpc) is 3.22. The van der Waals surface area contributed by atoms with Crippen molar-refractivity contribution in [3.8, 4) is 6.07 Å². The molecule has 0 saturated heterocycles. The number of allylic oxidation sites excluding steroid dienone is 2. The van der Waals surface area contributed by atoms with Gasteiger partial charge in [-0.05, 0) is 54.2 Å². The van der Waals surface area contributed by atoms with Crippen molar-refractivity contribution in [1.82, 2.24) is 5.43 Å². The molecule has 2 aromatic rings. The number of fused-ring (bicyclic) bond motifs is 3. The van der Waals surface area contributed by atoms with Crippen LogP contribution < -0.4 is 10.7 Å². The van der Waals surface area contributed by atoms with E-state index in [9.17, 15) is 4.79 Å². The molecule has 146 valence electrons. The molecule has 0 unspecified atom stereocenters. The molecule has 6 heteroatoms. The van der Waals surface area contributed by atoms with Crippen LogP contribution in [-0.2, 0) is 4.79 Å². The zero-order valence-electron chi connectivity index (χ0n) is 16.0. The van der Waals surface area contributed by atoms with Gasteiger partial charge >= 0.3 is 0 Å². The molecule has 2 N–H and O–H groups in total. The Morgan fingerprint density at radius 2 is 2.14 bits per heavy atom. The zero-order valence-corrected chi connectivity index (χ0v) is 16.8. The molecule has 1 amide bonds. The number of carbonyl (C=O) groups is 1. The Morgan fingerprint density at radius 3 is 2.93 bits per heavy atom. The van der Waals surface area contributed by atoms with E-state index < -0.39 is 5.91 Å². The molecule has 5 nitrogen and oxygen atoms in total. The molecule has 0 saturated carbocycles. The van der Waals surface area contributed by atoms with Gasteiger partial charge in [0.2, 0.25) is 0 Å². The summed E-state index contributed by atoms with van der Waals surface area (Å²) in [5.41, 5.74) is 7.51. The highest BCUT2D eigenvalue weighted by atomic mass is 35.5. The second-order valence-corrected chi connectivity index (χ2v) is 7.77. The van der Waals surface area contributed by atoms with Gasteiger partial charge < -0.3 is 5.32 Å². The Bertz CT molecular complexity index is 1050. The number of nitrogens with zero attached hydrogens (tertiary/aromatic N) is 2. The quantitative estimate of drug-likeness (QED) is 0.431. The lowest BCUT2D eigenvalue weighted by Gasteiger charge is -2.38. The molecule has 1 aliphatic carbocycles. The largest absolute Gasteiger partial charge is 0.378 e. The third-order valence-corrected chi connectivity index (χ3v) is 5.95. The van der Waals surface area contributed by atoms with Crippen LogP contribution in [0.1, 0.15) is 48.4 Å². The maximum absolute atomic E-state index is 11.5. The van der Waals surface area contributed by atoms with Gasteiger partial charge in [0.25, 0.3) is 5.91 Å². The fourth-order valence-electron chi connectivity index (χ4n) is 4.18. The van der Waals surface area contributed by atoms with Crippen LogP contribution in [-0.4, -0.2) is 11.6 Å². The number of nitrogens with one attached hydrogen (secondary N) is 2. The van der Waals surface area contributed by atoms with Crippen molar-refractivity contribution in [3.05, 3.63) is 76.3 Å². The van der Waals surface area contributed by atoms with Crippen LogP contribution >= 0.6 is 11.6 Å². The summed E-state index contributed by atoms with van der Waals surface area (Å²) in [6.45, 7) is 1.85. The molecule has 0 aromatic heterocycles. The number of anilines is 1. The van der Waals surface area contributed by atoms with Crippen LogP contribution in [0.5, 0.6) is 0 Å². The molecule has 1 aliphatic heterocycles. The lowest BCUT2D eigenvalue weighted by Crippen LogP contribution is -2.29. The van der Waals surface area contributed by atoms with E-state index in [1.165, 1.54) is 5.56 Å². The first-order valence-corrected chi connectivity index (χ1v) is 9.98. The molecule has 2 aromatic carbocycles. The summed E-state index contributed by atoms with van der Waals surface area (Å²) in [7, 11) is 0. The first-order valence-electron chi connectivity index (χ1n) is 9.60. The highest BCUT2D eigenvalue weighted by molar-refractivity contribution is 6.31. The summed E-state index contributed by atoms with van der Waals surface area (Å²) in [4.78, 5) is 11.5. The summed E-state index contributed by atoms with van der Waals surface area (Å²) >= 11 is 6.49. The van der Waals surface area contributed by atoms with E-state index in [1.54, 1.807) is 0 Å². The highest BCUT2D eigenvalue weighted by Gasteiger charge is 2.38. The zero-order chi connectivity index (χ0) is 20.4. The van der Waals surface area contributed by atoms with E-state index in [2.05, 4.69) is 46.2 Å². The third kappa shape index (κ3) is 3.76. The topological polar surface area (TPSA) is 77.3 Å². The predicted octanol–water partition coefficient (Wildman–Crippen LogP) is 4.92. The van der Waals surface area contributed by atoms with Gasteiger partial charge in [0.05, 0.1) is 17.8 Å². The van der Waals surface area contributed by atoms with Gasteiger partial charge in [0.1, 0.15) is 6.42 Å². The molecule has 0 bridgehead atoms. The minimum atomic E-state index is -0.409. The minimum Gasteiger partial charge on any atom is -0.378 e. The fraction of sp³-hybridized carbons (Fsp3) is 0.261. The standard InChI is InChI=1S/C23H21ClN4O/c1-14(27-28-22(29)11-12-25)15-9-10-21-19(13-15)16-6-4-7-17(16)23(26-21)18-5-2-3-8-20(18)24/h2-6,8-10,13,16-17,23,26H,7,11H2,1H3,(H,28,29)/b27-14-/t16-,17-,23+/m1/s1. The van der Waals surface area contributed by atoms with Gasteiger partial charge in [0.15, 0.2) is 0 Å². The van der Waals surface area contributed by atoms with E-state index in [0.29, 0.717) is 17.5 Å². The van der Waals surface area contributed by atoms with Gasteiger partial charge in [-0.3, -0.25) is 4.79 Å².